The fourth-order valence-electron chi connectivity index (χ4n) is 1.56. The summed E-state index contributed by atoms with van der Waals surface area (Å²) in [6.07, 6.45) is 1.85. The third-order valence-corrected chi connectivity index (χ3v) is 3.89. The molecule has 0 fully saturated rings. The van der Waals surface area contributed by atoms with Gasteiger partial charge in [0.05, 0.1) is 6.61 Å². The summed E-state index contributed by atoms with van der Waals surface area (Å²) >= 11 is 1.61. The van der Waals surface area contributed by atoms with Gasteiger partial charge in [-0.2, -0.15) is 0 Å². The number of carbonyl (C=O) groups excluding carboxylic acids is 1. The second-order valence-corrected chi connectivity index (χ2v) is 5.16. The predicted molar refractivity (Wildman–Crippen MR) is 72.4 cm³/mol. The van der Waals surface area contributed by atoms with E-state index in [9.17, 15) is 4.79 Å². The predicted octanol–water partition coefficient (Wildman–Crippen LogP) is 3.82. The van der Waals surface area contributed by atoms with Crippen LogP contribution in [-0.4, -0.2) is 17.8 Å². The minimum atomic E-state index is -0.0948. The van der Waals surface area contributed by atoms with Crippen LogP contribution in [0.25, 0.3) is 0 Å². The Morgan fingerprint density at radius 2 is 2.06 bits per heavy atom. The van der Waals surface area contributed by atoms with E-state index in [0.717, 1.165) is 12.8 Å². The summed E-state index contributed by atoms with van der Waals surface area (Å²) in [7, 11) is 0. The molecule has 0 radical (unpaired) electrons. The first-order valence-corrected chi connectivity index (χ1v) is 6.95. The lowest BCUT2D eigenvalue weighted by atomic mass is 10.2. The molecule has 0 N–H and O–H groups in total. The monoisotopic (exact) mass is 252 g/mol. The molecule has 0 bridgehead atoms. The molecule has 0 aromatic heterocycles. The van der Waals surface area contributed by atoms with Crippen LogP contribution >= 0.6 is 11.8 Å². The summed E-state index contributed by atoms with van der Waals surface area (Å²) in [6.45, 7) is 6.45. The average Bonchev–Trinajstić information content (AvgIpc) is 2.31. The van der Waals surface area contributed by atoms with Gasteiger partial charge in [0.1, 0.15) is 5.25 Å². The topological polar surface area (TPSA) is 26.3 Å². The number of hydrogen-bond donors (Lipinski definition) is 0. The molecule has 0 heterocycles. The van der Waals surface area contributed by atoms with Crippen LogP contribution in [0.2, 0.25) is 0 Å². The number of aryl methyl sites for hydroxylation is 1. The Balaban J connectivity index is 2.73. The van der Waals surface area contributed by atoms with Crippen molar-refractivity contribution < 1.29 is 9.53 Å². The molecule has 0 saturated carbocycles. The van der Waals surface area contributed by atoms with E-state index in [4.69, 9.17) is 4.74 Å². The van der Waals surface area contributed by atoms with Crippen LogP contribution in [0.5, 0.6) is 0 Å². The summed E-state index contributed by atoms with van der Waals surface area (Å²) < 4.78 is 5.11. The lowest BCUT2D eigenvalue weighted by molar-refractivity contribution is -0.142. The first kappa shape index (κ1) is 14.1. The smallest absolute Gasteiger partial charge is 0.319 e. The minimum Gasteiger partial charge on any atom is -0.465 e. The van der Waals surface area contributed by atoms with Crippen molar-refractivity contribution in [1.82, 2.24) is 0 Å². The summed E-state index contributed by atoms with van der Waals surface area (Å²) in [4.78, 5) is 13.0. The molecule has 1 rings (SSSR count). The molecule has 1 aromatic carbocycles. The first-order chi connectivity index (χ1) is 8.19. The normalized spacial score (nSPS) is 12.2. The van der Waals surface area contributed by atoms with E-state index >= 15 is 0 Å². The van der Waals surface area contributed by atoms with Crippen LogP contribution in [0, 0.1) is 6.92 Å². The van der Waals surface area contributed by atoms with Crippen LogP contribution in [0.4, 0.5) is 0 Å². The van der Waals surface area contributed by atoms with E-state index in [2.05, 4.69) is 26.0 Å². The van der Waals surface area contributed by atoms with Gasteiger partial charge in [-0.1, -0.05) is 31.5 Å². The summed E-state index contributed by atoms with van der Waals surface area (Å²) in [5, 5.41) is -0.0824. The highest BCUT2D eigenvalue weighted by Gasteiger charge is 2.20. The van der Waals surface area contributed by atoms with Crippen molar-refractivity contribution in [3.63, 3.8) is 0 Å². The molecular formula is C14H20O2S. The van der Waals surface area contributed by atoms with E-state index in [0.29, 0.717) is 6.61 Å². The molecule has 0 aliphatic rings. The van der Waals surface area contributed by atoms with Crippen molar-refractivity contribution in [3.05, 3.63) is 29.8 Å². The second-order valence-electron chi connectivity index (χ2n) is 3.91. The Labute approximate surface area is 108 Å². The van der Waals surface area contributed by atoms with E-state index in [1.165, 1.54) is 10.5 Å². The van der Waals surface area contributed by atoms with Gasteiger partial charge in [-0.15, -0.1) is 11.8 Å². The van der Waals surface area contributed by atoms with Gasteiger partial charge >= 0.3 is 5.97 Å². The maximum absolute atomic E-state index is 11.8. The van der Waals surface area contributed by atoms with Gasteiger partial charge in [0.25, 0.3) is 0 Å². The Morgan fingerprint density at radius 1 is 1.35 bits per heavy atom. The summed E-state index contributed by atoms with van der Waals surface area (Å²) in [6, 6.07) is 8.14. The third-order valence-electron chi connectivity index (χ3n) is 2.46. The number of thioether (sulfide) groups is 1. The van der Waals surface area contributed by atoms with Crippen LogP contribution in [0.3, 0.4) is 0 Å². The molecule has 1 unspecified atom stereocenters. The summed E-state index contributed by atoms with van der Waals surface area (Å²) in [5.74, 6) is -0.0948. The van der Waals surface area contributed by atoms with Crippen molar-refractivity contribution in [2.24, 2.45) is 0 Å². The number of esters is 1. The van der Waals surface area contributed by atoms with E-state index in [1.54, 1.807) is 11.8 Å². The highest BCUT2D eigenvalue weighted by Crippen LogP contribution is 2.29. The zero-order valence-electron chi connectivity index (χ0n) is 10.7. The van der Waals surface area contributed by atoms with E-state index in [1.807, 2.05) is 19.1 Å². The Kier molecular flexibility index (Phi) is 6.12. The molecule has 94 valence electrons. The van der Waals surface area contributed by atoms with Gasteiger partial charge in [-0.25, -0.2) is 0 Å². The third kappa shape index (κ3) is 4.43. The molecule has 0 aliphatic heterocycles. The standard InChI is InChI=1S/C14H20O2S/c1-4-8-13(14(15)16-5-2)17-12-10-7-6-9-11(12)3/h6-7,9-10,13H,4-5,8H2,1-3H3. The van der Waals surface area contributed by atoms with Crippen LogP contribution < -0.4 is 0 Å². The molecule has 0 aliphatic carbocycles. The van der Waals surface area contributed by atoms with Crippen LogP contribution in [0.1, 0.15) is 32.3 Å². The van der Waals surface area contributed by atoms with Gasteiger partial charge in [0.2, 0.25) is 0 Å². The molecule has 1 aromatic rings. The van der Waals surface area contributed by atoms with Crippen molar-refractivity contribution in [2.75, 3.05) is 6.61 Å². The van der Waals surface area contributed by atoms with Crippen molar-refractivity contribution >= 4 is 17.7 Å². The Morgan fingerprint density at radius 3 is 2.65 bits per heavy atom. The SMILES string of the molecule is CCCC(Sc1ccccc1C)C(=O)OCC. The number of hydrogen-bond acceptors (Lipinski definition) is 3. The number of rotatable bonds is 6. The average molecular weight is 252 g/mol. The van der Waals surface area contributed by atoms with Gasteiger partial charge in [0, 0.05) is 4.90 Å². The highest BCUT2D eigenvalue weighted by molar-refractivity contribution is 8.00. The molecule has 17 heavy (non-hydrogen) atoms. The van der Waals surface area contributed by atoms with Gasteiger partial charge in [-0.05, 0) is 31.9 Å². The number of ether oxygens (including phenoxy) is 1. The van der Waals surface area contributed by atoms with Crippen LogP contribution in [0.15, 0.2) is 29.2 Å². The van der Waals surface area contributed by atoms with Gasteiger partial charge in [-0.3, -0.25) is 4.79 Å². The Bertz CT molecular complexity index is 363. The quantitative estimate of drug-likeness (QED) is 0.568. The largest absolute Gasteiger partial charge is 0.465 e. The summed E-state index contributed by atoms with van der Waals surface area (Å²) in [5.41, 5.74) is 1.21. The lowest BCUT2D eigenvalue weighted by Gasteiger charge is -2.15. The van der Waals surface area contributed by atoms with Crippen molar-refractivity contribution in [2.45, 2.75) is 43.8 Å². The van der Waals surface area contributed by atoms with E-state index < -0.39 is 0 Å². The zero-order valence-corrected chi connectivity index (χ0v) is 11.5. The van der Waals surface area contributed by atoms with Crippen molar-refractivity contribution in [1.29, 1.82) is 0 Å². The fraction of sp³-hybridized carbons (Fsp3) is 0.500. The molecule has 2 nitrogen and oxygen atoms in total. The van der Waals surface area contributed by atoms with Gasteiger partial charge < -0.3 is 4.74 Å². The van der Waals surface area contributed by atoms with Gasteiger partial charge in [0.15, 0.2) is 0 Å². The molecule has 0 saturated heterocycles. The Hall–Kier alpha value is -0.960. The molecule has 0 amide bonds. The minimum absolute atomic E-state index is 0.0824. The molecular weight excluding hydrogens is 232 g/mol. The first-order valence-electron chi connectivity index (χ1n) is 6.08. The van der Waals surface area contributed by atoms with Crippen molar-refractivity contribution in [3.8, 4) is 0 Å². The zero-order chi connectivity index (χ0) is 12.7. The second kappa shape index (κ2) is 7.38. The lowest BCUT2D eigenvalue weighted by Crippen LogP contribution is -2.20. The molecule has 0 spiro atoms. The fourth-order valence-corrected chi connectivity index (χ4v) is 2.80. The highest BCUT2D eigenvalue weighted by atomic mass is 32.2. The molecule has 3 heteroatoms. The molecule has 1 atom stereocenters. The maximum Gasteiger partial charge on any atom is 0.319 e. The van der Waals surface area contributed by atoms with E-state index in [-0.39, 0.29) is 11.2 Å². The number of benzene rings is 1. The van der Waals surface area contributed by atoms with Crippen LogP contribution in [-0.2, 0) is 9.53 Å². The number of carbonyl (C=O) groups is 1. The maximum atomic E-state index is 11.8.